The molecule has 1 atom stereocenters. The number of nitrogens with zero attached hydrogens (tertiary/aromatic N) is 2. The second kappa shape index (κ2) is 4.63. The molecule has 1 aromatic rings. The Morgan fingerprint density at radius 2 is 2.17 bits per heavy atom. The van der Waals surface area contributed by atoms with Gasteiger partial charge in [0.25, 0.3) is 0 Å². The van der Waals surface area contributed by atoms with Crippen LogP contribution < -0.4 is 10.6 Å². The number of anilines is 1. The van der Waals surface area contributed by atoms with E-state index in [2.05, 4.69) is 36.5 Å². The lowest BCUT2D eigenvalue weighted by molar-refractivity contribution is -0.121. The molecule has 1 aliphatic rings. The Hall–Kier alpha value is -1.52. The van der Waals surface area contributed by atoms with Gasteiger partial charge in [-0.25, -0.2) is 0 Å². The molecular weight excluding hydrogens is 228 g/mol. The third kappa shape index (κ3) is 3.24. The van der Waals surface area contributed by atoms with Crippen molar-refractivity contribution in [1.29, 1.82) is 0 Å². The van der Waals surface area contributed by atoms with Gasteiger partial charge in [-0.15, -0.1) is 0 Å². The minimum absolute atomic E-state index is 0.0422. The number of aromatic nitrogens is 2. The average molecular weight is 250 g/mol. The first-order chi connectivity index (χ1) is 8.36. The summed E-state index contributed by atoms with van der Waals surface area (Å²) >= 11 is 0. The molecule has 1 heterocycles. The first-order valence-electron chi connectivity index (χ1n) is 6.48. The van der Waals surface area contributed by atoms with Crippen molar-refractivity contribution in [3.63, 3.8) is 0 Å². The zero-order chi connectivity index (χ0) is 13.3. The summed E-state index contributed by atoms with van der Waals surface area (Å²) in [6.07, 6.45) is 5.91. The fourth-order valence-corrected chi connectivity index (χ4v) is 1.63. The third-order valence-electron chi connectivity index (χ3n) is 2.97. The standard InChI is InChI=1S/C13H22N4O/c1-9(12(18)16-10-5-6-10)15-11-7-14-17(8-11)13(2,3)4/h7-10,15H,5-6H2,1-4H3,(H,16,18)/t9-/m1/s1. The highest BCUT2D eigenvalue weighted by atomic mass is 16.2. The number of hydrogen-bond donors (Lipinski definition) is 2. The predicted octanol–water partition coefficient (Wildman–Crippen LogP) is 1.72. The number of nitrogens with one attached hydrogen (secondary N) is 2. The van der Waals surface area contributed by atoms with Crippen molar-refractivity contribution in [2.24, 2.45) is 0 Å². The van der Waals surface area contributed by atoms with E-state index in [-0.39, 0.29) is 17.5 Å². The Kier molecular flexibility index (Phi) is 3.32. The lowest BCUT2D eigenvalue weighted by Gasteiger charge is -2.19. The Balaban J connectivity index is 1.91. The molecule has 1 fully saturated rings. The minimum Gasteiger partial charge on any atom is -0.371 e. The quantitative estimate of drug-likeness (QED) is 0.855. The van der Waals surface area contributed by atoms with Crippen molar-refractivity contribution in [3.05, 3.63) is 12.4 Å². The number of carbonyl (C=O) groups is 1. The Morgan fingerprint density at radius 1 is 1.50 bits per heavy atom. The van der Waals surface area contributed by atoms with Crippen LogP contribution in [0.3, 0.4) is 0 Å². The molecule has 0 saturated heterocycles. The Morgan fingerprint density at radius 3 is 2.67 bits per heavy atom. The van der Waals surface area contributed by atoms with Gasteiger partial charge in [-0.3, -0.25) is 9.48 Å². The first kappa shape index (κ1) is 12.9. The van der Waals surface area contributed by atoms with Gasteiger partial charge in [-0.1, -0.05) is 0 Å². The fourth-order valence-electron chi connectivity index (χ4n) is 1.63. The van der Waals surface area contributed by atoms with Crippen LogP contribution in [0.4, 0.5) is 5.69 Å². The molecule has 1 aliphatic carbocycles. The smallest absolute Gasteiger partial charge is 0.242 e. The molecule has 1 saturated carbocycles. The summed E-state index contributed by atoms with van der Waals surface area (Å²) < 4.78 is 1.89. The van der Waals surface area contributed by atoms with Crippen LogP contribution in [0, 0.1) is 0 Å². The van der Waals surface area contributed by atoms with E-state index < -0.39 is 0 Å². The molecule has 2 N–H and O–H groups in total. The largest absolute Gasteiger partial charge is 0.371 e. The highest BCUT2D eigenvalue weighted by molar-refractivity contribution is 5.84. The molecule has 2 rings (SSSR count). The van der Waals surface area contributed by atoms with Crippen LogP contribution in [0.15, 0.2) is 12.4 Å². The van der Waals surface area contributed by atoms with Gasteiger partial charge in [0.05, 0.1) is 17.4 Å². The molecule has 0 bridgehead atoms. The highest BCUT2D eigenvalue weighted by Gasteiger charge is 2.25. The highest BCUT2D eigenvalue weighted by Crippen LogP contribution is 2.19. The van der Waals surface area contributed by atoms with E-state index in [1.54, 1.807) is 6.20 Å². The summed E-state index contributed by atoms with van der Waals surface area (Å²) in [6.45, 7) is 8.14. The zero-order valence-electron chi connectivity index (χ0n) is 11.5. The average Bonchev–Trinajstić information content (AvgIpc) is 2.92. The van der Waals surface area contributed by atoms with Gasteiger partial charge in [0.1, 0.15) is 6.04 Å². The topological polar surface area (TPSA) is 59.0 Å². The fraction of sp³-hybridized carbons (Fsp3) is 0.692. The third-order valence-corrected chi connectivity index (χ3v) is 2.97. The van der Waals surface area contributed by atoms with E-state index in [1.807, 2.05) is 17.8 Å². The lowest BCUT2D eigenvalue weighted by atomic mass is 10.1. The van der Waals surface area contributed by atoms with Crippen molar-refractivity contribution in [2.45, 2.75) is 58.2 Å². The Labute approximate surface area is 108 Å². The van der Waals surface area contributed by atoms with Crippen LogP contribution in [-0.4, -0.2) is 27.8 Å². The maximum Gasteiger partial charge on any atom is 0.242 e. The van der Waals surface area contributed by atoms with Crippen molar-refractivity contribution < 1.29 is 4.79 Å². The second-order valence-electron chi connectivity index (χ2n) is 5.99. The monoisotopic (exact) mass is 250 g/mol. The molecule has 100 valence electrons. The van der Waals surface area contributed by atoms with Crippen LogP contribution in [0.2, 0.25) is 0 Å². The molecule has 0 aliphatic heterocycles. The second-order valence-corrected chi connectivity index (χ2v) is 5.99. The van der Waals surface area contributed by atoms with E-state index in [1.165, 1.54) is 0 Å². The number of hydrogen-bond acceptors (Lipinski definition) is 3. The number of amides is 1. The SMILES string of the molecule is C[C@@H](Nc1cnn(C(C)(C)C)c1)C(=O)NC1CC1. The van der Waals surface area contributed by atoms with Gasteiger partial charge < -0.3 is 10.6 Å². The predicted molar refractivity (Wildman–Crippen MR) is 71.5 cm³/mol. The molecule has 0 spiro atoms. The maximum atomic E-state index is 11.8. The summed E-state index contributed by atoms with van der Waals surface area (Å²) in [5, 5.41) is 10.4. The first-order valence-corrected chi connectivity index (χ1v) is 6.48. The molecular formula is C13H22N4O. The van der Waals surface area contributed by atoms with Crippen LogP contribution in [0.25, 0.3) is 0 Å². The molecule has 0 aromatic carbocycles. The van der Waals surface area contributed by atoms with E-state index in [0.29, 0.717) is 6.04 Å². The van der Waals surface area contributed by atoms with Crippen LogP contribution in [-0.2, 0) is 10.3 Å². The summed E-state index contributed by atoms with van der Waals surface area (Å²) in [7, 11) is 0. The Bertz CT molecular complexity index is 428. The van der Waals surface area contributed by atoms with E-state index in [0.717, 1.165) is 18.5 Å². The lowest BCUT2D eigenvalue weighted by Crippen LogP contribution is -2.38. The van der Waals surface area contributed by atoms with Crippen molar-refractivity contribution >= 4 is 11.6 Å². The summed E-state index contributed by atoms with van der Waals surface area (Å²) in [5.74, 6) is 0.0565. The maximum absolute atomic E-state index is 11.8. The molecule has 5 heteroatoms. The van der Waals surface area contributed by atoms with Gasteiger partial charge in [0, 0.05) is 12.2 Å². The molecule has 1 aromatic heterocycles. The summed E-state index contributed by atoms with van der Waals surface area (Å²) in [4.78, 5) is 11.8. The zero-order valence-corrected chi connectivity index (χ0v) is 11.5. The van der Waals surface area contributed by atoms with Gasteiger partial charge in [0.15, 0.2) is 0 Å². The molecule has 0 unspecified atom stereocenters. The minimum atomic E-state index is -0.233. The number of carbonyl (C=O) groups excluding carboxylic acids is 1. The van der Waals surface area contributed by atoms with Crippen molar-refractivity contribution in [3.8, 4) is 0 Å². The van der Waals surface area contributed by atoms with Crippen molar-refractivity contribution in [2.75, 3.05) is 5.32 Å². The van der Waals surface area contributed by atoms with E-state index in [9.17, 15) is 4.79 Å². The van der Waals surface area contributed by atoms with Crippen LogP contribution in [0.5, 0.6) is 0 Å². The summed E-state index contributed by atoms with van der Waals surface area (Å²) in [6, 6.07) is 0.169. The van der Waals surface area contributed by atoms with E-state index in [4.69, 9.17) is 0 Å². The molecule has 18 heavy (non-hydrogen) atoms. The molecule has 5 nitrogen and oxygen atoms in total. The van der Waals surface area contributed by atoms with Gasteiger partial charge in [-0.2, -0.15) is 5.10 Å². The van der Waals surface area contributed by atoms with Crippen molar-refractivity contribution in [1.82, 2.24) is 15.1 Å². The normalized spacial score (nSPS) is 17.3. The summed E-state index contributed by atoms with van der Waals surface area (Å²) in [5.41, 5.74) is 0.836. The molecule has 0 radical (unpaired) electrons. The molecule has 1 amide bonds. The number of rotatable bonds is 4. The van der Waals surface area contributed by atoms with Gasteiger partial charge in [0.2, 0.25) is 5.91 Å². The van der Waals surface area contributed by atoms with Crippen LogP contribution in [0.1, 0.15) is 40.5 Å². The van der Waals surface area contributed by atoms with E-state index >= 15 is 0 Å². The van der Waals surface area contributed by atoms with Gasteiger partial charge >= 0.3 is 0 Å². The van der Waals surface area contributed by atoms with Gasteiger partial charge in [-0.05, 0) is 40.5 Å². The van der Waals surface area contributed by atoms with Crippen LogP contribution >= 0.6 is 0 Å².